The highest BCUT2D eigenvalue weighted by Gasteiger charge is 2.11. The Hall–Kier alpha value is -2.77. The van der Waals surface area contributed by atoms with Gasteiger partial charge < -0.3 is 9.84 Å². The highest BCUT2D eigenvalue weighted by atomic mass is 32.1. The van der Waals surface area contributed by atoms with Crippen LogP contribution in [0.4, 0.5) is 9.52 Å². The van der Waals surface area contributed by atoms with Crippen LogP contribution >= 0.6 is 11.3 Å². The van der Waals surface area contributed by atoms with Crippen molar-refractivity contribution < 1.29 is 19.0 Å². The molecule has 0 spiro atoms. The van der Waals surface area contributed by atoms with Gasteiger partial charge in [0.15, 0.2) is 5.13 Å². The minimum absolute atomic E-state index is 0.0229. The predicted octanol–water partition coefficient (Wildman–Crippen LogP) is 3.61. The number of amides is 1. The monoisotopic (exact) mass is 358 g/mol. The van der Waals surface area contributed by atoms with Crippen molar-refractivity contribution in [2.24, 2.45) is 0 Å². The second kappa shape index (κ2) is 7.87. The number of carbonyl (C=O) groups excluding carboxylic acids is 1. The average molecular weight is 358 g/mol. The largest absolute Gasteiger partial charge is 0.489 e. The summed E-state index contributed by atoms with van der Waals surface area (Å²) in [5, 5.41) is 14.3. The van der Waals surface area contributed by atoms with Crippen LogP contribution < -0.4 is 10.1 Å². The van der Waals surface area contributed by atoms with Crippen LogP contribution in [0, 0.1) is 5.82 Å². The Morgan fingerprint density at radius 2 is 2.12 bits per heavy atom. The molecule has 0 saturated carbocycles. The number of nitrogens with one attached hydrogen (secondary N) is 1. The number of aliphatic hydroxyl groups excluding tert-OH is 1. The number of halogens is 1. The fraction of sp³-hybridized carbons (Fsp3) is 0.111. The predicted molar refractivity (Wildman–Crippen MR) is 93.2 cm³/mol. The van der Waals surface area contributed by atoms with Crippen molar-refractivity contribution in [1.29, 1.82) is 0 Å². The molecule has 128 valence electrons. The van der Waals surface area contributed by atoms with Crippen LogP contribution in [0.2, 0.25) is 0 Å². The number of nitrogens with zero attached hydrogens (tertiary/aromatic N) is 1. The van der Waals surface area contributed by atoms with Crippen molar-refractivity contribution in [2.45, 2.75) is 13.2 Å². The molecule has 2 N–H and O–H groups in total. The SMILES string of the molecule is O=C(Nc1nccs1)c1cc(CO)cc(OCc2ccccc2F)c1. The number of hydrogen-bond donors (Lipinski definition) is 2. The molecule has 1 amide bonds. The van der Waals surface area contributed by atoms with Crippen molar-refractivity contribution >= 4 is 22.4 Å². The number of hydrogen-bond acceptors (Lipinski definition) is 5. The highest BCUT2D eigenvalue weighted by molar-refractivity contribution is 7.13. The normalized spacial score (nSPS) is 10.5. The summed E-state index contributed by atoms with van der Waals surface area (Å²) in [6.07, 6.45) is 1.59. The molecule has 0 fully saturated rings. The Kier molecular flexibility index (Phi) is 5.37. The molecule has 0 bridgehead atoms. The lowest BCUT2D eigenvalue weighted by Crippen LogP contribution is -2.12. The highest BCUT2D eigenvalue weighted by Crippen LogP contribution is 2.21. The molecule has 0 atom stereocenters. The Labute approximate surface area is 147 Å². The number of rotatable bonds is 6. The van der Waals surface area contributed by atoms with E-state index >= 15 is 0 Å². The molecular weight excluding hydrogens is 343 g/mol. The van der Waals surface area contributed by atoms with Gasteiger partial charge in [-0.2, -0.15) is 0 Å². The van der Waals surface area contributed by atoms with E-state index in [-0.39, 0.29) is 24.9 Å². The van der Waals surface area contributed by atoms with E-state index in [1.165, 1.54) is 17.4 Å². The maximum atomic E-state index is 13.7. The quantitative estimate of drug-likeness (QED) is 0.706. The Balaban J connectivity index is 1.77. The van der Waals surface area contributed by atoms with Gasteiger partial charge in [0, 0.05) is 22.7 Å². The van der Waals surface area contributed by atoms with Gasteiger partial charge in [-0.25, -0.2) is 9.37 Å². The van der Waals surface area contributed by atoms with Crippen LogP contribution in [0.3, 0.4) is 0 Å². The fourth-order valence-electron chi connectivity index (χ4n) is 2.20. The number of ether oxygens (including phenoxy) is 1. The molecule has 0 saturated heterocycles. The van der Waals surface area contributed by atoms with Gasteiger partial charge in [-0.15, -0.1) is 11.3 Å². The zero-order chi connectivity index (χ0) is 17.6. The molecule has 1 aromatic heterocycles. The number of carbonyl (C=O) groups is 1. The molecule has 2 aromatic carbocycles. The van der Waals surface area contributed by atoms with Crippen LogP contribution in [0.5, 0.6) is 5.75 Å². The lowest BCUT2D eigenvalue weighted by atomic mass is 10.1. The number of aliphatic hydroxyl groups is 1. The first-order valence-corrected chi connectivity index (χ1v) is 8.35. The second-order valence-corrected chi connectivity index (χ2v) is 6.09. The van der Waals surface area contributed by atoms with E-state index in [4.69, 9.17) is 4.74 Å². The topological polar surface area (TPSA) is 71.5 Å². The summed E-state index contributed by atoms with van der Waals surface area (Å²) in [4.78, 5) is 16.3. The van der Waals surface area contributed by atoms with E-state index in [1.54, 1.807) is 48.0 Å². The number of thiazole rings is 1. The molecule has 5 nitrogen and oxygen atoms in total. The van der Waals surface area contributed by atoms with Gasteiger partial charge in [0.25, 0.3) is 5.91 Å². The summed E-state index contributed by atoms with van der Waals surface area (Å²) < 4.78 is 19.3. The van der Waals surface area contributed by atoms with E-state index in [2.05, 4.69) is 10.3 Å². The number of benzene rings is 2. The molecule has 3 rings (SSSR count). The smallest absolute Gasteiger partial charge is 0.257 e. The van der Waals surface area contributed by atoms with Gasteiger partial charge >= 0.3 is 0 Å². The maximum absolute atomic E-state index is 13.7. The minimum Gasteiger partial charge on any atom is -0.489 e. The summed E-state index contributed by atoms with van der Waals surface area (Å²) in [7, 11) is 0. The molecular formula is C18H15FN2O3S. The molecule has 7 heteroatoms. The van der Waals surface area contributed by atoms with Crippen LogP contribution in [-0.2, 0) is 13.2 Å². The lowest BCUT2D eigenvalue weighted by molar-refractivity contribution is 0.102. The first-order chi connectivity index (χ1) is 12.2. The number of aromatic nitrogens is 1. The van der Waals surface area contributed by atoms with Crippen LogP contribution in [0.1, 0.15) is 21.5 Å². The van der Waals surface area contributed by atoms with Crippen molar-refractivity contribution in [3.63, 3.8) is 0 Å². The summed E-state index contributed by atoms with van der Waals surface area (Å²) in [5.41, 5.74) is 1.26. The van der Waals surface area contributed by atoms with E-state index < -0.39 is 0 Å². The maximum Gasteiger partial charge on any atom is 0.257 e. The van der Waals surface area contributed by atoms with E-state index in [9.17, 15) is 14.3 Å². The van der Waals surface area contributed by atoms with E-state index in [1.807, 2.05) is 0 Å². The Bertz CT molecular complexity index is 869. The fourth-order valence-corrected chi connectivity index (χ4v) is 2.72. The van der Waals surface area contributed by atoms with Crippen molar-refractivity contribution in [3.8, 4) is 5.75 Å². The second-order valence-electron chi connectivity index (χ2n) is 5.20. The van der Waals surface area contributed by atoms with Crippen molar-refractivity contribution in [1.82, 2.24) is 4.98 Å². The third kappa shape index (κ3) is 4.40. The van der Waals surface area contributed by atoms with E-state index in [0.29, 0.717) is 27.6 Å². The first kappa shape index (κ1) is 17.1. The van der Waals surface area contributed by atoms with Crippen LogP contribution in [-0.4, -0.2) is 16.0 Å². The summed E-state index contributed by atoms with van der Waals surface area (Å²) in [6.45, 7) is -0.219. The van der Waals surface area contributed by atoms with Gasteiger partial charge in [0.2, 0.25) is 0 Å². The summed E-state index contributed by atoms with van der Waals surface area (Å²) >= 11 is 1.30. The minimum atomic E-state index is -0.360. The van der Waals surface area contributed by atoms with Gasteiger partial charge in [0.1, 0.15) is 18.2 Å². The van der Waals surface area contributed by atoms with Gasteiger partial charge in [-0.1, -0.05) is 18.2 Å². The first-order valence-electron chi connectivity index (χ1n) is 7.47. The van der Waals surface area contributed by atoms with Crippen molar-refractivity contribution in [3.05, 3.63) is 76.5 Å². The molecule has 0 aliphatic carbocycles. The molecule has 1 heterocycles. The average Bonchev–Trinajstić information content (AvgIpc) is 3.13. The van der Waals surface area contributed by atoms with Crippen LogP contribution in [0.25, 0.3) is 0 Å². The third-order valence-corrected chi connectivity index (χ3v) is 4.10. The number of anilines is 1. The molecule has 0 unspecified atom stereocenters. The summed E-state index contributed by atoms with van der Waals surface area (Å²) in [5.74, 6) is -0.345. The van der Waals surface area contributed by atoms with Gasteiger partial charge in [0.05, 0.1) is 6.61 Å². The Morgan fingerprint density at radius 3 is 2.84 bits per heavy atom. The van der Waals surface area contributed by atoms with Crippen molar-refractivity contribution in [2.75, 3.05) is 5.32 Å². The zero-order valence-corrected chi connectivity index (χ0v) is 13.9. The molecule has 0 aliphatic rings. The molecule has 25 heavy (non-hydrogen) atoms. The molecule has 3 aromatic rings. The molecule has 0 radical (unpaired) electrons. The Morgan fingerprint density at radius 1 is 1.28 bits per heavy atom. The molecule has 0 aliphatic heterocycles. The van der Waals surface area contributed by atoms with Gasteiger partial charge in [-0.3, -0.25) is 10.1 Å². The summed E-state index contributed by atoms with van der Waals surface area (Å²) in [6, 6.07) is 11.0. The third-order valence-electron chi connectivity index (χ3n) is 3.42. The van der Waals surface area contributed by atoms with Crippen LogP contribution in [0.15, 0.2) is 54.0 Å². The standard InChI is InChI=1S/C18H15FN2O3S/c19-16-4-2-1-3-13(16)11-24-15-8-12(10-22)7-14(9-15)17(23)21-18-20-5-6-25-18/h1-9,22H,10-11H2,(H,20,21,23). The zero-order valence-electron chi connectivity index (χ0n) is 13.1. The van der Waals surface area contributed by atoms with E-state index in [0.717, 1.165) is 0 Å². The van der Waals surface area contributed by atoms with Gasteiger partial charge in [-0.05, 0) is 29.8 Å². The lowest BCUT2D eigenvalue weighted by Gasteiger charge is -2.11.